The minimum Gasteiger partial charge on any atom is -0.490 e. The Bertz CT molecular complexity index is 969. The number of piperidine rings is 1. The molecule has 0 radical (unpaired) electrons. The number of hydrogen-bond acceptors (Lipinski definition) is 7. The van der Waals surface area contributed by atoms with Crippen molar-refractivity contribution >= 4 is 12.1 Å². The maximum absolute atomic E-state index is 13.5. The summed E-state index contributed by atoms with van der Waals surface area (Å²) in [6.45, 7) is 14.7. The Kier molecular flexibility index (Phi) is 6.72. The zero-order valence-corrected chi connectivity index (χ0v) is 22.0. The zero-order chi connectivity index (χ0) is 25.6. The number of nitrogens with zero attached hydrogens (tertiary/aromatic N) is 1. The Balaban J connectivity index is 1.71. The molecule has 4 atom stereocenters. The van der Waals surface area contributed by atoms with Gasteiger partial charge >= 0.3 is 12.1 Å². The number of para-hydroxylation sites is 1. The molecule has 3 aliphatic heterocycles. The smallest absolute Gasteiger partial charge is 0.410 e. The lowest BCUT2D eigenvalue weighted by Crippen LogP contribution is -2.64. The van der Waals surface area contributed by atoms with Crippen LogP contribution >= 0.6 is 0 Å². The second kappa shape index (κ2) is 9.19. The summed E-state index contributed by atoms with van der Waals surface area (Å²) in [4.78, 5) is 28.1. The number of likely N-dealkylation sites (tertiary alicyclic amines) is 1. The Morgan fingerprint density at radius 1 is 1.17 bits per heavy atom. The van der Waals surface area contributed by atoms with Crippen LogP contribution in [0.1, 0.15) is 73.0 Å². The maximum Gasteiger partial charge on any atom is 0.410 e. The van der Waals surface area contributed by atoms with Gasteiger partial charge in [-0.3, -0.25) is 4.79 Å². The largest absolute Gasteiger partial charge is 0.490 e. The van der Waals surface area contributed by atoms with Gasteiger partial charge in [0.15, 0.2) is 11.5 Å². The van der Waals surface area contributed by atoms with Crippen molar-refractivity contribution in [2.45, 2.75) is 84.7 Å². The Morgan fingerprint density at radius 2 is 1.91 bits per heavy atom. The molecule has 1 aromatic rings. The van der Waals surface area contributed by atoms with Gasteiger partial charge in [0, 0.05) is 24.6 Å². The standard InChI is InChI=1S/C27H39NO7/c1-8-31-19-12-10-11-17-21-18(26(6,7)34-22(17)19)15-27(23(29)32-9-2)16-28(14-13-20(27)33-21)24(30)35-25(3,4)5/h10-12,18,20-21H,8-9,13-16H2,1-7H3/t18-,20-,21+,27-/m0/s1. The van der Waals surface area contributed by atoms with E-state index in [9.17, 15) is 9.59 Å². The molecule has 194 valence electrons. The highest BCUT2D eigenvalue weighted by Gasteiger charge is 2.62. The molecule has 4 rings (SSSR count). The number of carbonyl (C=O) groups is 2. The van der Waals surface area contributed by atoms with Crippen LogP contribution in [0.3, 0.4) is 0 Å². The van der Waals surface area contributed by atoms with Crippen LogP contribution in [0.2, 0.25) is 0 Å². The topological polar surface area (TPSA) is 83.5 Å². The predicted molar refractivity (Wildman–Crippen MR) is 130 cm³/mol. The van der Waals surface area contributed by atoms with Crippen LogP contribution in [0.4, 0.5) is 4.79 Å². The van der Waals surface area contributed by atoms with E-state index in [0.29, 0.717) is 37.5 Å². The average molecular weight is 490 g/mol. The molecule has 0 unspecified atom stereocenters. The molecule has 1 aromatic carbocycles. The van der Waals surface area contributed by atoms with Crippen molar-refractivity contribution in [1.29, 1.82) is 0 Å². The van der Waals surface area contributed by atoms with Gasteiger partial charge < -0.3 is 28.6 Å². The third kappa shape index (κ3) is 4.69. The molecular formula is C27H39NO7. The Morgan fingerprint density at radius 3 is 2.57 bits per heavy atom. The second-order valence-electron chi connectivity index (χ2n) is 11.2. The molecule has 0 saturated carbocycles. The normalized spacial score (nSPS) is 29.1. The first-order valence-corrected chi connectivity index (χ1v) is 12.7. The molecule has 0 bridgehead atoms. The fourth-order valence-electron chi connectivity index (χ4n) is 5.65. The number of benzene rings is 1. The van der Waals surface area contributed by atoms with Crippen LogP contribution in [-0.4, -0.2) is 60.6 Å². The molecule has 3 heterocycles. The van der Waals surface area contributed by atoms with E-state index in [1.54, 1.807) is 11.8 Å². The minimum atomic E-state index is -0.998. The highest BCUT2D eigenvalue weighted by molar-refractivity contribution is 5.80. The van der Waals surface area contributed by atoms with Crippen LogP contribution in [0.25, 0.3) is 0 Å². The van der Waals surface area contributed by atoms with Gasteiger partial charge in [0.1, 0.15) is 16.6 Å². The van der Waals surface area contributed by atoms with Crippen molar-refractivity contribution in [2.75, 3.05) is 26.3 Å². The monoisotopic (exact) mass is 489 g/mol. The van der Waals surface area contributed by atoms with Gasteiger partial charge in [0.25, 0.3) is 0 Å². The number of esters is 1. The highest BCUT2D eigenvalue weighted by atomic mass is 16.6. The molecule has 2 fully saturated rings. The van der Waals surface area contributed by atoms with E-state index < -0.39 is 22.7 Å². The number of rotatable bonds is 4. The fraction of sp³-hybridized carbons (Fsp3) is 0.704. The maximum atomic E-state index is 13.5. The van der Waals surface area contributed by atoms with E-state index in [1.165, 1.54) is 0 Å². The summed E-state index contributed by atoms with van der Waals surface area (Å²) in [6.07, 6.45) is -0.0733. The third-order valence-corrected chi connectivity index (χ3v) is 7.22. The fourth-order valence-corrected chi connectivity index (χ4v) is 5.65. The Hall–Kier alpha value is -2.48. The molecule has 8 heteroatoms. The number of fused-ring (bicyclic) bond motifs is 4. The first-order valence-electron chi connectivity index (χ1n) is 12.7. The second-order valence-corrected chi connectivity index (χ2v) is 11.2. The number of amides is 1. The van der Waals surface area contributed by atoms with Crippen molar-refractivity contribution in [2.24, 2.45) is 11.3 Å². The summed E-state index contributed by atoms with van der Waals surface area (Å²) in [7, 11) is 0. The first-order chi connectivity index (χ1) is 16.4. The summed E-state index contributed by atoms with van der Waals surface area (Å²) < 4.78 is 30.3. The highest BCUT2D eigenvalue weighted by Crippen LogP contribution is 2.58. The Labute approximate surface area is 208 Å². The third-order valence-electron chi connectivity index (χ3n) is 7.22. The van der Waals surface area contributed by atoms with E-state index in [4.69, 9.17) is 23.7 Å². The predicted octanol–water partition coefficient (Wildman–Crippen LogP) is 4.89. The molecule has 3 aliphatic rings. The molecule has 8 nitrogen and oxygen atoms in total. The summed E-state index contributed by atoms with van der Waals surface area (Å²) in [5, 5.41) is 0. The first kappa shape index (κ1) is 25.6. The van der Waals surface area contributed by atoms with E-state index in [0.717, 1.165) is 5.56 Å². The number of ether oxygens (including phenoxy) is 5. The molecule has 35 heavy (non-hydrogen) atoms. The lowest BCUT2D eigenvalue weighted by molar-refractivity contribution is -0.230. The summed E-state index contributed by atoms with van der Waals surface area (Å²) in [5.41, 5.74) is -1.32. The molecule has 0 aromatic heterocycles. The lowest BCUT2D eigenvalue weighted by Gasteiger charge is -2.57. The van der Waals surface area contributed by atoms with Gasteiger partial charge in [-0.05, 0) is 67.4 Å². The van der Waals surface area contributed by atoms with Gasteiger partial charge in [0.05, 0.1) is 25.4 Å². The van der Waals surface area contributed by atoms with Crippen molar-refractivity contribution in [3.63, 3.8) is 0 Å². The molecule has 0 N–H and O–H groups in total. The molecular weight excluding hydrogens is 450 g/mol. The van der Waals surface area contributed by atoms with Crippen LogP contribution in [0.5, 0.6) is 11.5 Å². The average Bonchev–Trinajstić information content (AvgIpc) is 2.77. The molecule has 0 aliphatic carbocycles. The van der Waals surface area contributed by atoms with Crippen LogP contribution in [0.15, 0.2) is 18.2 Å². The van der Waals surface area contributed by atoms with Crippen LogP contribution < -0.4 is 9.47 Å². The van der Waals surface area contributed by atoms with Gasteiger partial charge in [-0.25, -0.2) is 4.79 Å². The quantitative estimate of drug-likeness (QED) is 0.557. The minimum absolute atomic E-state index is 0.133. The van der Waals surface area contributed by atoms with Crippen LogP contribution in [0, 0.1) is 11.3 Å². The number of hydrogen-bond donors (Lipinski definition) is 0. The van der Waals surface area contributed by atoms with E-state index in [2.05, 4.69) is 0 Å². The van der Waals surface area contributed by atoms with E-state index in [1.807, 2.05) is 59.7 Å². The zero-order valence-electron chi connectivity index (χ0n) is 22.0. The molecule has 0 spiro atoms. The van der Waals surface area contributed by atoms with E-state index in [-0.39, 0.29) is 37.2 Å². The van der Waals surface area contributed by atoms with E-state index >= 15 is 0 Å². The van der Waals surface area contributed by atoms with Crippen LogP contribution in [-0.2, 0) is 19.0 Å². The SMILES string of the molecule is CCOC(=O)[C@]12C[C@H]3[C@H](O[C@H]1CCN(C(=O)OC(C)(C)C)C2)c1cccc(OCC)c1OC3(C)C. The van der Waals surface area contributed by atoms with Gasteiger partial charge in [-0.1, -0.05) is 12.1 Å². The van der Waals surface area contributed by atoms with Crippen molar-refractivity contribution < 1.29 is 33.3 Å². The van der Waals surface area contributed by atoms with Crippen molar-refractivity contribution in [1.82, 2.24) is 4.90 Å². The summed E-state index contributed by atoms with van der Waals surface area (Å²) in [6, 6.07) is 5.87. The van der Waals surface area contributed by atoms with Gasteiger partial charge in [0.2, 0.25) is 0 Å². The lowest BCUT2D eigenvalue weighted by atomic mass is 9.63. The number of carbonyl (C=O) groups excluding carboxylic acids is 2. The summed E-state index contributed by atoms with van der Waals surface area (Å²) in [5.74, 6) is 0.935. The van der Waals surface area contributed by atoms with Crippen molar-refractivity contribution in [3.8, 4) is 11.5 Å². The molecule has 2 saturated heterocycles. The van der Waals surface area contributed by atoms with Gasteiger partial charge in [-0.15, -0.1) is 0 Å². The summed E-state index contributed by atoms with van der Waals surface area (Å²) >= 11 is 0. The van der Waals surface area contributed by atoms with Gasteiger partial charge in [-0.2, -0.15) is 0 Å². The molecule has 1 amide bonds. The van der Waals surface area contributed by atoms with Crippen molar-refractivity contribution in [3.05, 3.63) is 23.8 Å².